The van der Waals surface area contributed by atoms with Crippen molar-refractivity contribution >= 4 is 23.6 Å². The van der Waals surface area contributed by atoms with E-state index in [-0.39, 0.29) is 35.8 Å². The van der Waals surface area contributed by atoms with E-state index in [1.165, 1.54) is 0 Å². The number of hydrogen-bond donors (Lipinski definition) is 3. The molecule has 3 N–H and O–H groups in total. The Morgan fingerprint density at radius 2 is 1.87 bits per heavy atom. The standard InChI is InChI=1S/C15H25N5O3/c1-15(2,3)17-14(23)20-8-6-10(7-9-20)16-13(22)11-4-5-12(21)19-18-11/h10H,4-9H2,1-3H3,(H,16,22)(H,17,23)(H,19,21). The number of piperidine rings is 1. The summed E-state index contributed by atoms with van der Waals surface area (Å²) in [6.07, 6.45) is 2.08. The Balaban J connectivity index is 1.77. The van der Waals surface area contributed by atoms with Crippen LogP contribution in [0.1, 0.15) is 46.5 Å². The molecule has 0 unspecified atom stereocenters. The van der Waals surface area contributed by atoms with Crippen LogP contribution in [0.25, 0.3) is 0 Å². The van der Waals surface area contributed by atoms with Gasteiger partial charge >= 0.3 is 6.03 Å². The molecule has 0 aliphatic carbocycles. The lowest BCUT2D eigenvalue weighted by Crippen LogP contribution is -2.53. The number of hydrogen-bond acceptors (Lipinski definition) is 4. The average molecular weight is 323 g/mol. The topological polar surface area (TPSA) is 103 Å². The van der Waals surface area contributed by atoms with Crippen LogP contribution in [0.15, 0.2) is 5.10 Å². The molecule has 128 valence electrons. The van der Waals surface area contributed by atoms with Crippen LogP contribution < -0.4 is 16.1 Å². The van der Waals surface area contributed by atoms with Gasteiger partial charge in [-0.2, -0.15) is 5.10 Å². The highest BCUT2D eigenvalue weighted by atomic mass is 16.2. The fourth-order valence-corrected chi connectivity index (χ4v) is 2.53. The van der Waals surface area contributed by atoms with Crippen LogP contribution in [0, 0.1) is 0 Å². The fraction of sp³-hybridized carbons (Fsp3) is 0.733. The van der Waals surface area contributed by atoms with E-state index in [0.29, 0.717) is 38.1 Å². The molecule has 0 radical (unpaired) electrons. The molecule has 2 rings (SSSR count). The minimum absolute atomic E-state index is 0.0292. The molecular formula is C15H25N5O3. The highest BCUT2D eigenvalue weighted by Crippen LogP contribution is 2.12. The Kier molecular flexibility index (Phi) is 5.23. The van der Waals surface area contributed by atoms with Crippen LogP contribution in [-0.2, 0) is 9.59 Å². The summed E-state index contributed by atoms with van der Waals surface area (Å²) in [5.41, 5.74) is 2.42. The second kappa shape index (κ2) is 6.97. The lowest BCUT2D eigenvalue weighted by Gasteiger charge is -2.34. The van der Waals surface area contributed by atoms with Gasteiger partial charge < -0.3 is 15.5 Å². The maximum atomic E-state index is 12.1. The van der Waals surface area contributed by atoms with Crippen molar-refractivity contribution in [3.05, 3.63) is 0 Å². The Hall–Kier alpha value is -2.12. The van der Waals surface area contributed by atoms with Gasteiger partial charge in [-0.1, -0.05) is 0 Å². The molecule has 8 heteroatoms. The lowest BCUT2D eigenvalue weighted by molar-refractivity contribution is -0.121. The lowest BCUT2D eigenvalue weighted by atomic mass is 10.0. The third-order valence-corrected chi connectivity index (χ3v) is 3.77. The first kappa shape index (κ1) is 17.2. The number of nitrogens with one attached hydrogen (secondary N) is 3. The van der Waals surface area contributed by atoms with Crippen LogP contribution in [0.5, 0.6) is 0 Å². The van der Waals surface area contributed by atoms with E-state index in [0.717, 1.165) is 0 Å². The van der Waals surface area contributed by atoms with E-state index >= 15 is 0 Å². The molecule has 0 spiro atoms. The van der Waals surface area contributed by atoms with Crippen molar-refractivity contribution in [3.8, 4) is 0 Å². The first-order valence-electron chi connectivity index (χ1n) is 7.98. The maximum Gasteiger partial charge on any atom is 0.317 e. The molecule has 0 aromatic heterocycles. The fourth-order valence-electron chi connectivity index (χ4n) is 2.53. The van der Waals surface area contributed by atoms with Crippen LogP contribution >= 0.6 is 0 Å². The van der Waals surface area contributed by atoms with Gasteiger partial charge in [-0.05, 0) is 33.6 Å². The van der Waals surface area contributed by atoms with Crippen molar-refractivity contribution in [2.45, 2.75) is 58.0 Å². The number of hydrazone groups is 1. The summed E-state index contributed by atoms with van der Waals surface area (Å²) in [7, 11) is 0. The van der Waals surface area contributed by atoms with Crippen molar-refractivity contribution < 1.29 is 14.4 Å². The smallest absolute Gasteiger partial charge is 0.317 e. The highest BCUT2D eigenvalue weighted by molar-refractivity contribution is 6.39. The van der Waals surface area contributed by atoms with Gasteiger partial charge in [-0.15, -0.1) is 0 Å². The summed E-state index contributed by atoms with van der Waals surface area (Å²) in [5.74, 6) is -0.401. The number of carbonyl (C=O) groups is 3. The largest absolute Gasteiger partial charge is 0.348 e. The number of carbonyl (C=O) groups excluding carboxylic acids is 3. The Labute approximate surface area is 136 Å². The molecule has 2 aliphatic rings. The van der Waals surface area contributed by atoms with Gasteiger partial charge in [0.1, 0.15) is 5.71 Å². The van der Waals surface area contributed by atoms with E-state index in [1.807, 2.05) is 20.8 Å². The SMILES string of the molecule is CC(C)(C)NC(=O)N1CCC(NC(=O)C2=NNC(=O)CC2)CC1. The van der Waals surface area contributed by atoms with Gasteiger partial charge in [-0.25, -0.2) is 10.2 Å². The average Bonchev–Trinajstić information content (AvgIpc) is 2.46. The molecule has 1 saturated heterocycles. The summed E-state index contributed by atoms with van der Waals surface area (Å²) >= 11 is 0. The minimum atomic E-state index is -0.258. The molecule has 2 heterocycles. The van der Waals surface area contributed by atoms with Crippen molar-refractivity contribution in [1.82, 2.24) is 21.0 Å². The van der Waals surface area contributed by atoms with Crippen LogP contribution in [-0.4, -0.2) is 53.1 Å². The predicted octanol–water partition coefficient (Wildman–Crippen LogP) is 0.341. The molecule has 4 amide bonds. The zero-order valence-corrected chi connectivity index (χ0v) is 13.9. The minimum Gasteiger partial charge on any atom is -0.348 e. The van der Waals surface area contributed by atoms with E-state index in [4.69, 9.17) is 0 Å². The first-order chi connectivity index (χ1) is 10.7. The van der Waals surface area contributed by atoms with Gasteiger partial charge in [-0.3, -0.25) is 9.59 Å². The Bertz CT molecular complexity index is 516. The molecule has 23 heavy (non-hydrogen) atoms. The zero-order valence-electron chi connectivity index (χ0n) is 13.9. The number of amides is 4. The molecule has 2 aliphatic heterocycles. The van der Waals surface area contributed by atoms with Gasteiger partial charge in [0.15, 0.2) is 0 Å². The van der Waals surface area contributed by atoms with Crippen molar-refractivity contribution in [2.24, 2.45) is 5.10 Å². The van der Waals surface area contributed by atoms with Gasteiger partial charge in [0, 0.05) is 37.5 Å². The molecule has 8 nitrogen and oxygen atoms in total. The van der Waals surface area contributed by atoms with Crippen LogP contribution in [0.4, 0.5) is 4.79 Å². The molecule has 0 atom stereocenters. The van der Waals surface area contributed by atoms with Crippen molar-refractivity contribution in [2.75, 3.05) is 13.1 Å². The van der Waals surface area contributed by atoms with E-state index in [9.17, 15) is 14.4 Å². The second-order valence-corrected chi connectivity index (χ2v) is 7.01. The van der Waals surface area contributed by atoms with Gasteiger partial charge in [0.05, 0.1) is 0 Å². The Morgan fingerprint density at radius 1 is 1.22 bits per heavy atom. The summed E-state index contributed by atoms with van der Waals surface area (Å²) in [4.78, 5) is 37.0. The van der Waals surface area contributed by atoms with Crippen molar-refractivity contribution in [3.63, 3.8) is 0 Å². The van der Waals surface area contributed by atoms with E-state index in [1.54, 1.807) is 4.90 Å². The molecular weight excluding hydrogens is 298 g/mol. The maximum absolute atomic E-state index is 12.1. The number of nitrogens with zero attached hydrogens (tertiary/aromatic N) is 2. The summed E-state index contributed by atoms with van der Waals surface area (Å²) < 4.78 is 0. The molecule has 0 bridgehead atoms. The summed E-state index contributed by atoms with van der Waals surface area (Å²) in [5, 5.41) is 9.66. The third kappa shape index (κ3) is 5.22. The molecule has 1 fully saturated rings. The zero-order chi connectivity index (χ0) is 17.0. The second-order valence-electron chi connectivity index (χ2n) is 7.01. The van der Waals surface area contributed by atoms with Crippen LogP contribution in [0.3, 0.4) is 0 Å². The summed E-state index contributed by atoms with van der Waals surface area (Å²) in [6.45, 7) is 7.05. The number of rotatable bonds is 2. The quantitative estimate of drug-likeness (QED) is 0.683. The highest BCUT2D eigenvalue weighted by Gasteiger charge is 2.27. The van der Waals surface area contributed by atoms with Gasteiger partial charge in [0.25, 0.3) is 5.91 Å². The van der Waals surface area contributed by atoms with Gasteiger partial charge in [0.2, 0.25) is 5.91 Å². The number of likely N-dealkylation sites (tertiary alicyclic amines) is 1. The normalized spacial score (nSPS) is 19.7. The molecule has 0 aromatic rings. The predicted molar refractivity (Wildman–Crippen MR) is 85.8 cm³/mol. The monoisotopic (exact) mass is 323 g/mol. The number of urea groups is 1. The van der Waals surface area contributed by atoms with E-state index in [2.05, 4.69) is 21.2 Å². The third-order valence-electron chi connectivity index (χ3n) is 3.77. The van der Waals surface area contributed by atoms with Crippen LogP contribution in [0.2, 0.25) is 0 Å². The Morgan fingerprint density at radius 3 is 2.39 bits per heavy atom. The van der Waals surface area contributed by atoms with Crippen molar-refractivity contribution in [1.29, 1.82) is 0 Å². The molecule has 0 aromatic carbocycles. The first-order valence-corrected chi connectivity index (χ1v) is 7.98. The molecule has 0 saturated carbocycles. The summed E-state index contributed by atoms with van der Waals surface area (Å²) in [6, 6.07) is -0.0387. The van der Waals surface area contributed by atoms with E-state index < -0.39 is 0 Å².